The molecule has 0 bridgehead atoms. The maximum absolute atomic E-state index is 13.0. The first kappa shape index (κ1) is 16.7. The molecule has 0 fully saturated rings. The van der Waals surface area contributed by atoms with Gasteiger partial charge < -0.3 is 5.11 Å². The zero-order valence-corrected chi connectivity index (χ0v) is 14.2. The number of rotatable bonds is 4. The van der Waals surface area contributed by atoms with Gasteiger partial charge in [0.1, 0.15) is 0 Å². The number of carboxylic acid groups (broad SMARTS) is 1. The fourth-order valence-corrected chi connectivity index (χ4v) is 4.78. The number of carbonyl (C=O) groups is 1. The molecule has 3 rings (SSSR count). The van der Waals surface area contributed by atoms with Crippen LogP contribution in [0.5, 0.6) is 0 Å². The van der Waals surface area contributed by atoms with Crippen LogP contribution in [-0.2, 0) is 27.7 Å². The summed E-state index contributed by atoms with van der Waals surface area (Å²) < 4.78 is 27.4. The summed E-state index contributed by atoms with van der Waals surface area (Å²) in [7, 11) is -3.61. The predicted molar refractivity (Wildman–Crippen MR) is 90.2 cm³/mol. The molecule has 0 spiro atoms. The molecule has 6 heteroatoms. The first-order valence-corrected chi connectivity index (χ1v) is 9.24. The van der Waals surface area contributed by atoms with Crippen LogP contribution in [0.15, 0.2) is 53.4 Å². The Morgan fingerprint density at radius 1 is 1.17 bits per heavy atom. The molecule has 24 heavy (non-hydrogen) atoms. The third-order valence-corrected chi connectivity index (χ3v) is 6.41. The maximum Gasteiger partial charge on any atom is 0.307 e. The van der Waals surface area contributed by atoms with Crippen molar-refractivity contribution >= 4 is 16.0 Å². The molecule has 126 valence electrons. The summed E-state index contributed by atoms with van der Waals surface area (Å²) in [5, 5.41) is 8.80. The summed E-state index contributed by atoms with van der Waals surface area (Å²) in [5.41, 5.74) is 2.81. The quantitative estimate of drug-likeness (QED) is 0.924. The van der Waals surface area contributed by atoms with Crippen LogP contribution >= 0.6 is 0 Å². The zero-order valence-electron chi connectivity index (χ0n) is 13.3. The van der Waals surface area contributed by atoms with Gasteiger partial charge in [0.2, 0.25) is 10.0 Å². The third-order valence-electron chi connectivity index (χ3n) is 4.42. The Bertz CT molecular complexity index is 859. The molecule has 2 aromatic rings. The van der Waals surface area contributed by atoms with Gasteiger partial charge in [0.05, 0.1) is 11.3 Å². The Hall–Kier alpha value is -2.18. The van der Waals surface area contributed by atoms with Crippen molar-refractivity contribution in [1.29, 1.82) is 0 Å². The highest BCUT2D eigenvalue weighted by atomic mass is 32.2. The van der Waals surface area contributed by atoms with Crippen LogP contribution in [0.4, 0.5) is 0 Å². The van der Waals surface area contributed by atoms with Crippen molar-refractivity contribution in [3.8, 4) is 0 Å². The maximum atomic E-state index is 13.0. The van der Waals surface area contributed by atoms with Gasteiger partial charge in [0.15, 0.2) is 0 Å². The molecule has 1 aliphatic rings. The second kappa shape index (κ2) is 6.37. The second-order valence-electron chi connectivity index (χ2n) is 5.96. The Labute approximate surface area is 141 Å². The predicted octanol–water partition coefficient (Wildman–Crippen LogP) is 2.62. The first-order chi connectivity index (χ1) is 11.4. The van der Waals surface area contributed by atoms with Crippen LogP contribution in [0.2, 0.25) is 0 Å². The minimum absolute atomic E-state index is 0.117. The Kier molecular flexibility index (Phi) is 4.43. The molecular weight excluding hydrogens is 326 g/mol. The van der Waals surface area contributed by atoms with E-state index >= 15 is 0 Å². The van der Waals surface area contributed by atoms with Crippen molar-refractivity contribution in [3.05, 3.63) is 65.2 Å². The molecule has 0 amide bonds. The average molecular weight is 345 g/mol. The zero-order chi connectivity index (χ0) is 17.3. The monoisotopic (exact) mass is 345 g/mol. The molecule has 1 aliphatic heterocycles. The van der Waals surface area contributed by atoms with Crippen molar-refractivity contribution in [3.63, 3.8) is 0 Å². The Balaban J connectivity index is 1.90. The van der Waals surface area contributed by atoms with Crippen LogP contribution in [-0.4, -0.2) is 30.3 Å². The number of hydrogen-bond acceptors (Lipinski definition) is 3. The second-order valence-corrected chi connectivity index (χ2v) is 7.85. The molecule has 1 atom stereocenters. The molecule has 5 nitrogen and oxygen atoms in total. The number of carboxylic acids is 1. The molecule has 0 aromatic heterocycles. The summed E-state index contributed by atoms with van der Waals surface area (Å²) in [6.07, 6.45) is 0.574. The lowest BCUT2D eigenvalue weighted by molar-refractivity contribution is -0.136. The largest absolute Gasteiger partial charge is 0.481 e. The standard InChI is InChI=1S/C18H19NO4S/c1-13-17-5-3-2-4-15(17)10-11-19(13)24(22,23)16-8-6-14(7-9-16)12-18(20)21/h2-9,13H,10-12H2,1H3,(H,20,21). The normalized spacial score (nSPS) is 18.1. The van der Waals surface area contributed by atoms with E-state index in [9.17, 15) is 13.2 Å². The van der Waals surface area contributed by atoms with Crippen LogP contribution in [0.3, 0.4) is 0 Å². The molecule has 1 N–H and O–H groups in total. The van der Waals surface area contributed by atoms with E-state index in [4.69, 9.17) is 5.11 Å². The minimum Gasteiger partial charge on any atom is -0.481 e. The number of fused-ring (bicyclic) bond motifs is 1. The summed E-state index contributed by atoms with van der Waals surface area (Å²) in [6.45, 7) is 2.34. The van der Waals surface area contributed by atoms with Gasteiger partial charge in [0, 0.05) is 12.6 Å². The minimum atomic E-state index is -3.61. The number of hydrogen-bond donors (Lipinski definition) is 1. The van der Waals surface area contributed by atoms with Crippen LogP contribution in [0, 0.1) is 0 Å². The van der Waals surface area contributed by atoms with E-state index in [0.717, 1.165) is 5.56 Å². The lowest BCUT2D eigenvalue weighted by Crippen LogP contribution is -2.38. The van der Waals surface area contributed by atoms with Gasteiger partial charge in [-0.15, -0.1) is 0 Å². The molecule has 0 aliphatic carbocycles. The fourth-order valence-electron chi connectivity index (χ4n) is 3.17. The number of benzene rings is 2. The van der Waals surface area contributed by atoms with E-state index in [0.29, 0.717) is 18.5 Å². The third kappa shape index (κ3) is 3.07. The summed E-state index contributed by atoms with van der Waals surface area (Å²) >= 11 is 0. The van der Waals surface area contributed by atoms with E-state index in [1.807, 2.05) is 31.2 Å². The van der Waals surface area contributed by atoms with Crippen LogP contribution in [0.25, 0.3) is 0 Å². The van der Waals surface area contributed by atoms with E-state index in [2.05, 4.69) is 0 Å². The van der Waals surface area contributed by atoms with E-state index in [-0.39, 0.29) is 17.4 Å². The van der Waals surface area contributed by atoms with Gasteiger partial charge in [-0.1, -0.05) is 36.4 Å². The van der Waals surface area contributed by atoms with Crippen molar-refractivity contribution in [2.75, 3.05) is 6.54 Å². The SMILES string of the molecule is CC1c2ccccc2CCN1S(=O)(=O)c1ccc(CC(=O)O)cc1. The van der Waals surface area contributed by atoms with Crippen molar-refractivity contribution < 1.29 is 18.3 Å². The molecular formula is C18H19NO4S. The summed E-state index contributed by atoms with van der Waals surface area (Å²) in [6, 6.07) is 13.8. The van der Waals surface area contributed by atoms with Crippen LogP contribution < -0.4 is 0 Å². The average Bonchev–Trinajstić information content (AvgIpc) is 2.55. The van der Waals surface area contributed by atoms with E-state index in [1.165, 1.54) is 22.0 Å². The van der Waals surface area contributed by atoms with E-state index < -0.39 is 16.0 Å². The van der Waals surface area contributed by atoms with Gasteiger partial charge in [-0.05, 0) is 42.2 Å². The van der Waals surface area contributed by atoms with E-state index in [1.54, 1.807) is 12.1 Å². The molecule has 1 heterocycles. The van der Waals surface area contributed by atoms with Crippen LogP contribution in [0.1, 0.15) is 29.7 Å². The molecule has 1 unspecified atom stereocenters. The van der Waals surface area contributed by atoms with Gasteiger partial charge >= 0.3 is 5.97 Å². The highest BCUT2D eigenvalue weighted by Crippen LogP contribution is 2.33. The lowest BCUT2D eigenvalue weighted by Gasteiger charge is -2.34. The molecule has 0 saturated carbocycles. The Morgan fingerprint density at radius 2 is 1.83 bits per heavy atom. The van der Waals surface area contributed by atoms with Gasteiger partial charge in [-0.25, -0.2) is 8.42 Å². The van der Waals surface area contributed by atoms with Gasteiger partial charge in [-0.3, -0.25) is 4.79 Å². The Morgan fingerprint density at radius 3 is 2.50 bits per heavy atom. The number of aliphatic carboxylic acids is 1. The summed E-state index contributed by atoms with van der Waals surface area (Å²) in [5.74, 6) is -0.938. The number of nitrogens with zero attached hydrogens (tertiary/aromatic N) is 1. The smallest absolute Gasteiger partial charge is 0.307 e. The lowest BCUT2D eigenvalue weighted by atomic mass is 9.96. The van der Waals surface area contributed by atoms with Crippen molar-refractivity contribution in [2.24, 2.45) is 0 Å². The fraction of sp³-hybridized carbons (Fsp3) is 0.278. The highest BCUT2D eigenvalue weighted by molar-refractivity contribution is 7.89. The topological polar surface area (TPSA) is 74.7 Å². The van der Waals surface area contributed by atoms with Gasteiger partial charge in [0.25, 0.3) is 0 Å². The number of sulfonamides is 1. The first-order valence-electron chi connectivity index (χ1n) is 7.80. The van der Waals surface area contributed by atoms with Crippen molar-refractivity contribution in [1.82, 2.24) is 4.31 Å². The van der Waals surface area contributed by atoms with Gasteiger partial charge in [-0.2, -0.15) is 4.31 Å². The summed E-state index contributed by atoms with van der Waals surface area (Å²) in [4.78, 5) is 10.9. The molecule has 0 saturated heterocycles. The highest BCUT2D eigenvalue weighted by Gasteiger charge is 2.33. The molecule has 2 aromatic carbocycles. The molecule has 0 radical (unpaired) electrons. The van der Waals surface area contributed by atoms with Crippen molar-refractivity contribution in [2.45, 2.75) is 30.7 Å².